The van der Waals surface area contributed by atoms with Gasteiger partial charge in [-0.3, -0.25) is 4.79 Å². The Morgan fingerprint density at radius 2 is 1.64 bits per heavy atom. The second-order valence-electron chi connectivity index (χ2n) is 5.56. The van der Waals surface area contributed by atoms with E-state index in [1.807, 2.05) is 0 Å². The third kappa shape index (κ3) is 4.64. The molecule has 2 nitrogen and oxygen atoms in total. The van der Waals surface area contributed by atoms with E-state index in [4.69, 9.17) is 0 Å². The molecule has 0 rings (SSSR count). The molecule has 0 aromatic heterocycles. The van der Waals surface area contributed by atoms with Crippen LogP contribution in [0.1, 0.15) is 53.9 Å². The fourth-order valence-corrected chi connectivity index (χ4v) is 1.18. The van der Waals surface area contributed by atoms with Gasteiger partial charge in [-0.15, -0.1) is 0 Å². The van der Waals surface area contributed by atoms with Gasteiger partial charge >= 0.3 is 0 Å². The van der Waals surface area contributed by atoms with Crippen molar-refractivity contribution in [2.75, 3.05) is 6.61 Å². The van der Waals surface area contributed by atoms with Crippen LogP contribution in [0.15, 0.2) is 0 Å². The molecule has 0 spiro atoms. The van der Waals surface area contributed by atoms with Gasteiger partial charge in [0.15, 0.2) is 0 Å². The molecule has 0 fully saturated rings. The maximum Gasteiger partial charge on any atom is 0.293 e. The summed E-state index contributed by atoms with van der Waals surface area (Å²) >= 11 is 0. The highest BCUT2D eigenvalue weighted by molar-refractivity contribution is 5.36. The molecule has 0 heterocycles. The minimum Gasteiger partial charge on any atom is -0.468 e. The number of ether oxygens (including phenoxy) is 1. The number of carbonyl (C=O) groups excluding carboxylic acids is 1. The molecule has 2 heteroatoms. The standard InChI is InChI=1S/C12H24O2/c1-11(2,3)12(4,5)8-6-7-9-14-10-13/h10H,6-9H2,1-5H3. The lowest BCUT2D eigenvalue weighted by atomic mass is 9.67. The number of hydrogen-bond donors (Lipinski definition) is 0. The van der Waals surface area contributed by atoms with Gasteiger partial charge in [-0.2, -0.15) is 0 Å². The highest BCUT2D eigenvalue weighted by atomic mass is 16.5. The summed E-state index contributed by atoms with van der Waals surface area (Å²) in [4.78, 5) is 9.90. The predicted molar refractivity (Wildman–Crippen MR) is 59.1 cm³/mol. The Morgan fingerprint density at radius 3 is 2.07 bits per heavy atom. The number of carbonyl (C=O) groups is 1. The maximum atomic E-state index is 9.90. The van der Waals surface area contributed by atoms with E-state index in [0.29, 0.717) is 23.9 Å². The van der Waals surface area contributed by atoms with Gasteiger partial charge < -0.3 is 4.74 Å². The summed E-state index contributed by atoms with van der Waals surface area (Å²) in [5.41, 5.74) is 0.673. The first-order chi connectivity index (χ1) is 6.31. The molecule has 14 heavy (non-hydrogen) atoms. The molecule has 0 saturated carbocycles. The van der Waals surface area contributed by atoms with Crippen molar-refractivity contribution in [3.8, 4) is 0 Å². The zero-order valence-electron chi connectivity index (χ0n) is 10.2. The van der Waals surface area contributed by atoms with E-state index in [2.05, 4.69) is 39.4 Å². The van der Waals surface area contributed by atoms with Crippen molar-refractivity contribution in [3.63, 3.8) is 0 Å². The quantitative estimate of drug-likeness (QED) is 0.485. The Bertz CT molecular complexity index is 166. The van der Waals surface area contributed by atoms with Crippen LogP contribution < -0.4 is 0 Å². The molecule has 0 radical (unpaired) electrons. The molecule has 0 aliphatic rings. The minimum absolute atomic E-state index is 0.332. The van der Waals surface area contributed by atoms with Crippen molar-refractivity contribution >= 4 is 6.47 Å². The highest BCUT2D eigenvalue weighted by Crippen LogP contribution is 2.41. The molecule has 0 saturated heterocycles. The van der Waals surface area contributed by atoms with Crippen molar-refractivity contribution < 1.29 is 9.53 Å². The van der Waals surface area contributed by atoms with E-state index in [-0.39, 0.29) is 0 Å². The summed E-state index contributed by atoms with van der Waals surface area (Å²) in [5, 5.41) is 0. The number of hydrogen-bond acceptors (Lipinski definition) is 2. The van der Waals surface area contributed by atoms with Crippen LogP contribution >= 0.6 is 0 Å². The summed E-state index contributed by atoms with van der Waals surface area (Å²) in [6, 6.07) is 0. The number of rotatable bonds is 6. The lowest BCUT2D eigenvalue weighted by Crippen LogP contribution is -2.29. The first-order valence-electron chi connectivity index (χ1n) is 5.36. The Labute approximate surface area is 88.0 Å². The van der Waals surface area contributed by atoms with Crippen LogP contribution in [0.5, 0.6) is 0 Å². The van der Waals surface area contributed by atoms with Crippen LogP contribution in [0.3, 0.4) is 0 Å². The van der Waals surface area contributed by atoms with Crippen LogP contribution in [0.25, 0.3) is 0 Å². The summed E-state index contributed by atoms with van der Waals surface area (Å²) in [7, 11) is 0. The summed E-state index contributed by atoms with van der Waals surface area (Å²) in [5.74, 6) is 0. The smallest absolute Gasteiger partial charge is 0.293 e. The molecule has 0 aromatic carbocycles. The Hall–Kier alpha value is -0.530. The van der Waals surface area contributed by atoms with Crippen LogP contribution in [-0.4, -0.2) is 13.1 Å². The molecule has 0 bridgehead atoms. The van der Waals surface area contributed by atoms with Gasteiger partial charge in [0.25, 0.3) is 6.47 Å². The first-order valence-corrected chi connectivity index (χ1v) is 5.36. The van der Waals surface area contributed by atoms with E-state index in [0.717, 1.165) is 12.8 Å². The van der Waals surface area contributed by atoms with Crippen molar-refractivity contribution in [1.29, 1.82) is 0 Å². The predicted octanol–water partition coefficient (Wildman–Crippen LogP) is 3.40. The van der Waals surface area contributed by atoms with Crippen molar-refractivity contribution in [2.24, 2.45) is 10.8 Å². The van der Waals surface area contributed by atoms with Gasteiger partial charge in [-0.1, -0.05) is 34.6 Å². The van der Waals surface area contributed by atoms with Gasteiger partial charge in [0.1, 0.15) is 0 Å². The Kier molecular flexibility index (Phi) is 5.17. The minimum atomic E-state index is 0.332. The zero-order chi connectivity index (χ0) is 11.2. The van der Waals surface area contributed by atoms with E-state index in [9.17, 15) is 4.79 Å². The largest absolute Gasteiger partial charge is 0.468 e. The molecular formula is C12H24O2. The fourth-order valence-electron chi connectivity index (χ4n) is 1.18. The normalized spacial score (nSPS) is 12.6. The van der Waals surface area contributed by atoms with Crippen molar-refractivity contribution in [3.05, 3.63) is 0 Å². The molecule has 0 N–H and O–H groups in total. The molecule has 84 valence electrons. The summed E-state index contributed by atoms with van der Waals surface area (Å²) < 4.78 is 4.65. The van der Waals surface area contributed by atoms with Crippen LogP contribution in [0.2, 0.25) is 0 Å². The molecular weight excluding hydrogens is 176 g/mol. The molecule has 0 aliphatic heterocycles. The highest BCUT2D eigenvalue weighted by Gasteiger charge is 2.31. The van der Waals surface area contributed by atoms with Crippen molar-refractivity contribution in [2.45, 2.75) is 53.9 Å². The molecule has 0 aliphatic carbocycles. The average molecular weight is 200 g/mol. The van der Waals surface area contributed by atoms with Gasteiger partial charge in [0, 0.05) is 0 Å². The van der Waals surface area contributed by atoms with Gasteiger partial charge in [-0.05, 0) is 30.1 Å². The van der Waals surface area contributed by atoms with E-state index >= 15 is 0 Å². The SMILES string of the molecule is CC(C)(C)C(C)(C)CCCCOC=O. The second-order valence-corrected chi connectivity index (χ2v) is 5.56. The van der Waals surface area contributed by atoms with Crippen LogP contribution in [-0.2, 0) is 9.53 Å². The summed E-state index contributed by atoms with van der Waals surface area (Å²) in [6.07, 6.45) is 3.27. The van der Waals surface area contributed by atoms with Crippen LogP contribution in [0.4, 0.5) is 0 Å². The van der Waals surface area contributed by atoms with Gasteiger partial charge in [0.2, 0.25) is 0 Å². The maximum absolute atomic E-state index is 9.90. The topological polar surface area (TPSA) is 26.3 Å². The lowest BCUT2D eigenvalue weighted by Gasteiger charge is -2.39. The third-order valence-electron chi connectivity index (χ3n) is 3.41. The average Bonchev–Trinajstić information content (AvgIpc) is 2.02. The number of unbranched alkanes of at least 4 members (excludes halogenated alkanes) is 1. The summed E-state index contributed by atoms with van der Waals surface area (Å²) in [6.45, 7) is 12.5. The van der Waals surface area contributed by atoms with Crippen LogP contribution in [0, 0.1) is 10.8 Å². The lowest BCUT2D eigenvalue weighted by molar-refractivity contribution is -0.128. The first kappa shape index (κ1) is 13.5. The fraction of sp³-hybridized carbons (Fsp3) is 0.917. The molecule has 0 unspecified atom stereocenters. The Balaban J connectivity index is 3.72. The Morgan fingerprint density at radius 1 is 1.07 bits per heavy atom. The molecule has 0 atom stereocenters. The molecule has 0 amide bonds. The van der Waals surface area contributed by atoms with Gasteiger partial charge in [-0.25, -0.2) is 0 Å². The second kappa shape index (κ2) is 5.38. The van der Waals surface area contributed by atoms with Gasteiger partial charge in [0.05, 0.1) is 6.61 Å². The zero-order valence-corrected chi connectivity index (χ0v) is 10.2. The van der Waals surface area contributed by atoms with E-state index in [1.54, 1.807) is 0 Å². The van der Waals surface area contributed by atoms with Crippen molar-refractivity contribution in [1.82, 2.24) is 0 Å². The van der Waals surface area contributed by atoms with E-state index < -0.39 is 0 Å². The monoisotopic (exact) mass is 200 g/mol. The van der Waals surface area contributed by atoms with E-state index in [1.165, 1.54) is 6.42 Å². The third-order valence-corrected chi connectivity index (χ3v) is 3.41. The molecule has 0 aromatic rings.